The summed E-state index contributed by atoms with van der Waals surface area (Å²) in [6.07, 6.45) is 5.65. The molecule has 1 heterocycles. The summed E-state index contributed by atoms with van der Waals surface area (Å²) < 4.78 is 4.79. The summed E-state index contributed by atoms with van der Waals surface area (Å²) in [4.78, 5) is 28.0. The van der Waals surface area contributed by atoms with Crippen molar-refractivity contribution in [3.05, 3.63) is 66.0 Å². The third-order valence-electron chi connectivity index (χ3n) is 3.72. The van der Waals surface area contributed by atoms with Gasteiger partial charge in [-0.2, -0.15) is 0 Å². The van der Waals surface area contributed by atoms with Gasteiger partial charge in [0, 0.05) is 25.2 Å². The van der Waals surface area contributed by atoms with Crippen LogP contribution in [0.25, 0.3) is 0 Å². The van der Waals surface area contributed by atoms with E-state index >= 15 is 0 Å². The summed E-state index contributed by atoms with van der Waals surface area (Å²) >= 11 is 0. The van der Waals surface area contributed by atoms with Crippen LogP contribution >= 0.6 is 0 Å². The van der Waals surface area contributed by atoms with Crippen molar-refractivity contribution in [2.75, 3.05) is 7.11 Å². The van der Waals surface area contributed by atoms with Gasteiger partial charge >= 0.3 is 5.97 Å². The smallest absolute Gasteiger partial charge is 0.328 e. The third-order valence-corrected chi connectivity index (χ3v) is 3.72. The normalized spacial score (nSPS) is 11.5. The Morgan fingerprint density at radius 1 is 1.08 bits per heavy atom. The molecule has 5 heteroatoms. The Balaban J connectivity index is 1.84. The van der Waals surface area contributed by atoms with Gasteiger partial charge in [-0.1, -0.05) is 30.3 Å². The van der Waals surface area contributed by atoms with E-state index in [1.807, 2.05) is 42.5 Å². The van der Waals surface area contributed by atoms with Gasteiger partial charge in [0.2, 0.25) is 5.91 Å². The minimum Gasteiger partial charge on any atom is -0.467 e. The zero-order valence-corrected chi connectivity index (χ0v) is 13.8. The molecule has 0 fully saturated rings. The van der Waals surface area contributed by atoms with Gasteiger partial charge in [0.05, 0.1) is 7.11 Å². The number of rotatable bonds is 8. The average molecular weight is 326 g/mol. The highest BCUT2D eigenvalue weighted by molar-refractivity contribution is 5.84. The van der Waals surface area contributed by atoms with E-state index in [9.17, 15) is 9.59 Å². The molecule has 1 unspecified atom stereocenters. The summed E-state index contributed by atoms with van der Waals surface area (Å²) in [5, 5.41) is 2.77. The first-order chi connectivity index (χ1) is 11.7. The number of nitrogens with zero attached hydrogens (tertiary/aromatic N) is 1. The lowest BCUT2D eigenvalue weighted by molar-refractivity contribution is -0.145. The van der Waals surface area contributed by atoms with Crippen LogP contribution in [-0.4, -0.2) is 30.0 Å². The number of esters is 1. The predicted octanol–water partition coefficient (Wildman–Crippen LogP) is 2.30. The van der Waals surface area contributed by atoms with Gasteiger partial charge in [-0.05, 0) is 36.1 Å². The van der Waals surface area contributed by atoms with Crippen molar-refractivity contribution in [3.63, 3.8) is 0 Å². The Kier molecular flexibility index (Phi) is 6.95. The summed E-state index contributed by atoms with van der Waals surface area (Å²) in [6.45, 7) is 0. The molecular formula is C19H22N2O3. The molecule has 1 aromatic heterocycles. The predicted molar refractivity (Wildman–Crippen MR) is 91.3 cm³/mol. The maximum Gasteiger partial charge on any atom is 0.328 e. The van der Waals surface area contributed by atoms with Crippen molar-refractivity contribution in [1.29, 1.82) is 0 Å². The van der Waals surface area contributed by atoms with Crippen molar-refractivity contribution in [2.45, 2.75) is 31.7 Å². The third kappa shape index (κ3) is 5.83. The van der Waals surface area contributed by atoms with E-state index in [-0.39, 0.29) is 5.91 Å². The molecule has 0 aliphatic rings. The highest BCUT2D eigenvalue weighted by Crippen LogP contribution is 2.07. The van der Waals surface area contributed by atoms with Crippen LogP contribution in [0.3, 0.4) is 0 Å². The van der Waals surface area contributed by atoms with E-state index in [0.29, 0.717) is 12.8 Å². The van der Waals surface area contributed by atoms with E-state index in [1.54, 1.807) is 12.4 Å². The Hall–Kier alpha value is -2.69. The highest BCUT2D eigenvalue weighted by Gasteiger charge is 2.21. The number of ether oxygens (including phenoxy) is 1. The number of pyridine rings is 1. The van der Waals surface area contributed by atoms with Crippen molar-refractivity contribution in [2.24, 2.45) is 0 Å². The maximum absolute atomic E-state index is 12.1. The molecule has 2 rings (SSSR count). The fourth-order valence-corrected chi connectivity index (χ4v) is 2.45. The van der Waals surface area contributed by atoms with Crippen LogP contribution < -0.4 is 5.32 Å². The van der Waals surface area contributed by atoms with Crippen LogP contribution in [0.1, 0.15) is 24.0 Å². The molecule has 0 saturated carbocycles. The van der Waals surface area contributed by atoms with E-state index in [1.165, 1.54) is 12.7 Å². The van der Waals surface area contributed by atoms with Crippen LogP contribution in [0.2, 0.25) is 0 Å². The summed E-state index contributed by atoms with van der Waals surface area (Å²) in [5.41, 5.74) is 2.12. The SMILES string of the molecule is COC(=O)C(Cc1ccncc1)NC(=O)CCCc1ccccc1. The molecular weight excluding hydrogens is 304 g/mol. The molecule has 5 nitrogen and oxygen atoms in total. The molecule has 1 N–H and O–H groups in total. The van der Waals surface area contributed by atoms with Gasteiger partial charge in [-0.25, -0.2) is 4.79 Å². The zero-order valence-electron chi connectivity index (χ0n) is 13.8. The average Bonchev–Trinajstić information content (AvgIpc) is 2.62. The molecule has 0 spiro atoms. The number of hydrogen-bond acceptors (Lipinski definition) is 4. The number of hydrogen-bond donors (Lipinski definition) is 1. The molecule has 0 saturated heterocycles. The molecule has 0 aliphatic carbocycles. The molecule has 0 aliphatic heterocycles. The Morgan fingerprint density at radius 3 is 2.46 bits per heavy atom. The van der Waals surface area contributed by atoms with Crippen LogP contribution in [0, 0.1) is 0 Å². The van der Waals surface area contributed by atoms with Crippen molar-refractivity contribution in [1.82, 2.24) is 10.3 Å². The van der Waals surface area contributed by atoms with Crippen molar-refractivity contribution < 1.29 is 14.3 Å². The quantitative estimate of drug-likeness (QED) is 0.756. The summed E-state index contributed by atoms with van der Waals surface area (Å²) in [5.74, 6) is -0.585. The van der Waals surface area contributed by atoms with E-state index < -0.39 is 12.0 Å². The van der Waals surface area contributed by atoms with Gasteiger partial charge in [-0.15, -0.1) is 0 Å². The van der Waals surface area contributed by atoms with Crippen LogP contribution in [0.4, 0.5) is 0 Å². The second-order valence-electron chi connectivity index (χ2n) is 5.54. The monoisotopic (exact) mass is 326 g/mol. The lowest BCUT2D eigenvalue weighted by Gasteiger charge is -2.16. The molecule has 1 aromatic carbocycles. The molecule has 0 bridgehead atoms. The number of carbonyl (C=O) groups is 2. The summed E-state index contributed by atoms with van der Waals surface area (Å²) in [7, 11) is 1.32. The first-order valence-corrected chi connectivity index (χ1v) is 7.99. The maximum atomic E-state index is 12.1. The van der Waals surface area contributed by atoms with Crippen molar-refractivity contribution in [3.8, 4) is 0 Å². The fraction of sp³-hybridized carbons (Fsp3) is 0.316. The number of carbonyl (C=O) groups excluding carboxylic acids is 2. The van der Waals surface area contributed by atoms with Crippen LogP contribution in [-0.2, 0) is 27.2 Å². The number of aryl methyl sites for hydroxylation is 1. The summed E-state index contributed by atoms with van der Waals surface area (Å²) in [6, 6.07) is 13.0. The van der Waals surface area contributed by atoms with Gasteiger partial charge < -0.3 is 10.1 Å². The number of aromatic nitrogens is 1. The standard InChI is InChI=1S/C19H22N2O3/c1-24-19(23)17(14-16-10-12-20-13-11-16)21-18(22)9-5-8-15-6-3-2-4-7-15/h2-4,6-7,10-13,17H,5,8-9,14H2,1H3,(H,21,22). The number of methoxy groups -OCH3 is 1. The molecule has 2 aromatic rings. The first kappa shape index (κ1) is 17.7. The van der Waals surface area contributed by atoms with Gasteiger partial charge in [0.25, 0.3) is 0 Å². The number of amides is 1. The van der Waals surface area contributed by atoms with E-state index in [0.717, 1.165) is 18.4 Å². The van der Waals surface area contributed by atoms with Gasteiger partial charge in [-0.3, -0.25) is 9.78 Å². The molecule has 126 valence electrons. The molecule has 0 radical (unpaired) electrons. The lowest BCUT2D eigenvalue weighted by atomic mass is 10.1. The number of benzene rings is 1. The van der Waals surface area contributed by atoms with Crippen LogP contribution in [0.5, 0.6) is 0 Å². The minimum absolute atomic E-state index is 0.143. The van der Waals surface area contributed by atoms with E-state index in [2.05, 4.69) is 10.3 Å². The van der Waals surface area contributed by atoms with Gasteiger partial charge in [0.15, 0.2) is 0 Å². The zero-order chi connectivity index (χ0) is 17.2. The van der Waals surface area contributed by atoms with Crippen LogP contribution in [0.15, 0.2) is 54.9 Å². The lowest BCUT2D eigenvalue weighted by Crippen LogP contribution is -2.43. The first-order valence-electron chi connectivity index (χ1n) is 7.99. The van der Waals surface area contributed by atoms with Crippen molar-refractivity contribution >= 4 is 11.9 Å². The minimum atomic E-state index is -0.679. The fourth-order valence-electron chi connectivity index (χ4n) is 2.45. The topological polar surface area (TPSA) is 68.3 Å². The van der Waals surface area contributed by atoms with E-state index in [4.69, 9.17) is 4.74 Å². The highest BCUT2D eigenvalue weighted by atomic mass is 16.5. The Morgan fingerprint density at radius 2 is 1.79 bits per heavy atom. The van der Waals surface area contributed by atoms with Gasteiger partial charge in [0.1, 0.15) is 6.04 Å². The molecule has 1 amide bonds. The second kappa shape index (κ2) is 9.45. The molecule has 24 heavy (non-hydrogen) atoms. The number of nitrogens with one attached hydrogen (secondary N) is 1. The Bertz CT molecular complexity index is 644. The second-order valence-corrected chi connectivity index (χ2v) is 5.54. The molecule has 1 atom stereocenters. The Labute approximate surface area is 142 Å². The largest absolute Gasteiger partial charge is 0.467 e.